The number of hydrogen-bond acceptors (Lipinski definition) is 5. The Labute approximate surface area is 737 Å². The monoisotopic (exact) mass is 1620 g/mol. The Hall–Kier alpha value is -11.8. The highest BCUT2D eigenvalue weighted by atomic mass is 16.5. The number of rotatable bonds is 21. The molecular weight excluding hydrogens is 1500 g/mol. The number of nitrogens with zero attached hydrogens (tertiary/aromatic N) is 3. The van der Waals surface area contributed by atoms with E-state index in [1.165, 1.54) is 205 Å². The summed E-state index contributed by atoms with van der Waals surface area (Å²) in [6.45, 7) is 18.4. The van der Waals surface area contributed by atoms with Crippen molar-refractivity contribution in [2.24, 2.45) is 35.5 Å². The van der Waals surface area contributed by atoms with E-state index in [2.05, 4.69) is 352 Å². The molecule has 622 valence electrons. The van der Waals surface area contributed by atoms with Gasteiger partial charge in [-0.05, 0) is 398 Å². The Bertz CT molecular complexity index is 5860. The van der Waals surface area contributed by atoms with Crippen LogP contribution < -0.4 is 19.4 Å². The SMILES string of the molecule is C=Cc1ccc(C23CC4CC(C2)CC(c2ccc(N(c5ccc(C)cc5)c5ccc(-c6ccccc6)cc5)cc2)(C4)C3)cc1.C=Cc1ccc(C23CC4CC(C2)CC(c2ccc(N(c5ccc(C)cc5)c5cccc(C)c5)cc2)(C4)C3)cc1.C=Cc1ccc(C23CC4CC(C2)CC(c2ccc(N(c5ccc(CO)cc5)c5ccc(OC)cc5)cc2)(C4)C3)cc1. The summed E-state index contributed by atoms with van der Waals surface area (Å²) >= 11 is 0. The van der Waals surface area contributed by atoms with E-state index in [-0.39, 0.29) is 17.4 Å². The van der Waals surface area contributed by atoms with E-state index in [0.717, 1.165) is 63.9 Å². The molecule has 0 saturated heterocycles. The maximum Gasteiger partial charge on any atom is 0.119 e. The van der Waals surface area contributed by atoms with Gasteiger partial charge >= 0.3 is 0 Å². The summed E-state index contributed by atoms with van der Waals surface area (Å²) in [6, 6.07) is 120. The van der Waals surface area contributed by atoms with Crippen molar-refractivity contribution < 1.29 is 9.84 Å². The second kappa shape index (κ2) is 33.1. The van der Waals surface area contributed by atoms with Gasteiger partial charge in [-0.1, -0.05) is 249 Å². The van der Waals surface area contributed by atoms with Gasteiger partial charge in [-0.2, -0.15) is 0 Å². The molecule has 5 nitrogen and oxygen atoms in total. The molecule has 0 aliphatic heterocycles. The van der Waals surface area contributed by atoms with Gasteiger partial charge in [-0.3, -0.25) is 0 Å². The maximum absolute atomic E-state index is 9.59. The van der Waals surface area contributed by atoms with Gasteiger partial charge in [0, 0.05) is 51.2 Å². The van der Waals surface area contributed by atoms with E-state index in [1.807, 2.05) is 42.5 Å². The molecule has 0 radical (unpaired) electrons. The lowest BCUT2D eigenvalue weighted by Crippen LogP contribution is -2.55. The molecule has 12 fully saturated rings. The zero-order chi connectivity index (χ0) is 84.4. The summed E-state index contributed by atoms with van der Waals surface area (Å²) in [5, 5.41) is 9.59. The molecule has 6 atom stereocenters. The lowest BCUT2D eigenvalue weighted by molar-refractivity contribution is -0.0282. The van der Waals surface area contributed by atoms with Crippen molar-refractivity contribution >= 4 is 69.4 Å². The topological polar surface area (TPSA) is 39.2 Å². The summed E-state index contributed by atoms with van der Waals surface area (Å²) in [4.78, 5) is 7.09. The number of hydrogen-bond donors (Lipinski definition) is 1. The fraction of sp³-hybridized carbons (Fsp3) is 0.294. The van der Waals surface area contributed by atoms with E-state index >= 15 is 0 Å². The summed E-state index contributed by atoms with van der Waals surface area (Å²) in [6.07, 6.45) is 30.1. The molecule has 124 heavy (non-hydrogen) atoms. The number of ether oxygens (including phenoxy) is 1. The molecule has 0 amide bonds. The minimum Gasteiger partial charge on any atom is -0.497 e. The molecule has 12 aliphatic rings. The standard InChI is InChI=1S/C43H41N.C38H39NO2.C38H39N/c1-3-32-11-15-37(16-12-32)42-26-33-25-34(27-42)29-43(28-33,30-42)38-17-23-41(24-18-38)44(39-19-9-31(2)10-20-39)40-21-13-36(14-22-40)35-7-5-4-6-8-35;1-3-27-4-8-31(9-5-27)37-21-29-20-30(22-37)24-38(23-29,26-37)32-10-14-34(15-11-32)39(33-12-6-28(25-40)7-13-33)35-16-18-36(41-2)19-17-35;1-4-29-10-12-32(13-11-29)37-22-30-21-31(23-37)25-38(24-30,26-37)33-14-18-35(19-15-33)39(34-16-8-27(2)9-17-34)36-7-5-6-28(3)20-36/h3-24,33-34H,1,25-30H2,2H3;3-19,29-30,40H,1,20-26H2,2H3;4-20,30-31H,1,21-26H2,2-3H3. The Morgan fingerprint density at radius 1 is 0.282 bits per heavy atom. The predicted octanol–water partition coefficient (Wildman–Crippen LogP) is 30.9. The third-order valence-electron chi connectivity index (χ3n) is 31.5. The second-order valence-corrected chi connectivity index (χ2v) is 39.6. The maximum atomic E-state index is 9.59. The van der Waals surface area contributed by atoms with Crippen molar-refractivity contribution in [1.82, 2.24) is 0 Å². The molecule has 0 aromatic heterocycles. The molecule has 0 heterocycles. The molecule has 13 aromatic rings. The van der Waals surface area contributed by atoms with Crippen molar-refractivity contribution in [3.8, 4) is 16.9 Å². The van der Waals surface area contributed by atoms with Crippen molar-refractivity contribution in [1.29, 1.82) is 0 Å². The molecule has 12 bridgehead atoms. The first-order valence-corrected chi connectivity index (χ1v) is 46.1. The fourth-order valence-electron chi connectivity index (χ4n) is 27.0. The van der Waals surface area contributed by atoms with Crippen LogP contribution in [-0.2, 0) is 39.1 Å². The van der Waals surface area contributed by atoms with E-state index in [0.29, 0.717) is 21.7 Å². The first kappa shape index (κ1) is 80.6. The highest BCUT2D eigenvalue weighted by molar-refractivity contribution is 5.81. The van der Waals surface area contributed by atoms with Gasteiger partial charge in [0.15, 0.2) is 0 Å². The number of aliphatic hydroxyl groups is 1. The van der Waals surface area contributed by atoms with Crippen LogP contribution in [0.25, 0.3) is 29.4 Å². The first-order valence-electron chi connectivity index (χ1n) is 46.1. The van der Waals surface area contributed by atoms with Gasteiger partial charge in [0.2, 0.25) is 0 Å². The zero-order valence-corrected chi connectivity index (χ0v) is 73.0. The van der Waals surface area contributed by atoms with Crippen LogP contribution in [-0.4, -0.2) is 12.2 Å². The minimum atomic E-state index is 0.0431. The number of aryl methyl sites for hydroxylation is 3. The van der Waals surface area contributed by atoms with Crippen LogP contribution in [0.4, 0.5) is 51.2 Å². The molecular formula is C119H119N3O2. The van der Waals surface area contributed by atoms with E-state index in [4.69, 9.17) is 4.74 Å². The van der Waals surface area contributed by atoms with E-state index in [9.17, 15) is 5.11 Å². The second-order valence-electron chi connectivity index (χ2n) is 39.6. The summed E-state index contributed by atoms with van der Waals surface area (Å²) in [5.74, 6) is 5.84. The van der Waals surface area contributed by atoms with Crippen molar-refractivity contribution in [2.45, 2.75) is 175 Å². The van der Waals surface area contributed by atoms with Crippen molar-refractivity contribution in [3.63, 3.8) is 0 Å². The van der Waals surface area contributed by atoms with Crippen LogP contribution in [0.1, 0.15) is 188 Å². The van der Waals surface area contributed by atoms with Crippen molar-refractivity contribution in [3.05, 3.63) is 414 Å². The van der Waals surface area contributed by atoms with Crippen LogP contribution in [0.5, 0.6) is 5.75 Å². The van der Waals surface area contributed by atoms with Crippen LogP contribution >= 0.6 is 0 Å². The highest BCUT2D eigenvalue weighted by Crippen LogP contribution is 2.70. The Kier molecular flexibility index (Phi) is 21.5. The number of aliphatic hydroxyl groups excluding tert-OH is 1. The Balaban J connectivity index is 0.000000118. The minimum absolute atomic E-state index is 0.0431. The lowest BCUT2D eigenvalue weighted by Gasteiger charge is -2.63. The van der Waals surface area contributed by atoms with E-state index < -0.39 is 0 Å². The number of methoxy groups -OCH3 is 1. The molecule has 1 N–H and O–H groups in total. The predicted molar refractivity (Wildman–Crippen MR) is 519 cm³/mol. The van der Waals surface area contributed by atoms with Gasteiger partial charge in [-0.15, -0.1) is 0 Å². The molecule has 12 saturated carbocycles. The van der Waals surface area contributed by atoms with Gasteiger partial charge in [0.25, 0.3) is 0 Å². The molecule has 5 heteroatoms. The smallest absolute Gasteiger partial charge is 0.119 e. The average Bonchev–Trinajstić information content (AvgIpc) is 0.713. The Morgan fingerprint density at radius 3 is 0.823 bits per heavy atom. The molecule has 25 rings (SSSR count). The van der Waals surface area contributed by atoms with Gasteiger partial charge < -0.3 is 24.5 Å². The summed E-state index contributed by atoms with van der Waals surface area (Å²) in [7, 11) is 1.70. The van der Waals surface area contributed by atoms with Gasteiger partial charge in [0.1, 0.15) is 5.75 Å². The van der Waals surface area contributed by atoms with Crippen molar-refractivity contribution in [2.75, 3.05) is 21.8 Å². The lowest BCUT2D eigenvalue weighted by atomic mass is 9.41. The van der Waals surface area contributed by atoms with Crippen LogP contribution in [0.3, 0.4) is 0 Å². The molecule has 13 aromatic carbocycles. The number of anilines is 9. The van der Waals surface area contributed by atoms with Gasteiger partial charge in [-0.25, -0.2) is 0 Å². The summed E-state index contributed by atoms with van der Waals surface area (Å²) in [5.41, 5.74) is 32.4. The average molecular weight is 1620 g/mol. The normalized spacial score (nSPS) is 26.0. The zero-order valence-electron chi connectivity index (χ0n) is 73.0. The summed E-state index contributed by atoms with van der Waals surface area (Å²) < 4.78 is 5.42. The highest BCUT2D eigenvalue weighted by Gasteiger charge is 2.62. The number of benzene rings is 13. The van der Waals surface area contributed by atoms with Gasteiger partial charge in [0.05, 0.1) is 13.7 Å². The third-order valence-corrected chi connectivity index (χ3v) is 31.5. The molecule has 12 aliphatic carbocycles. The van der Waals surface area contributed by atoms with E-state index in [1.54, 1.807) is 29.4 Å². The van der Waals surface area contributed by atoms with Crippen LogP contribution in [0.15, 0.2) is 341 Å². The Morgan fingerprint density at radius 2 is 0.540 bits per heavy atom. The molecule has 0 spiro atoms. The third kappa shape index (κ3) is 15.4. The molecule has 6 unspecified atom stereocenters. The fourth-order valence-corrected chi connectivity index (χ4v) is 27.0. The quantitative estimate of drug-likeness (QED) is 0.0776. The first-order chi connectivity index (χ1) is 60.5. The van der Waals surface area contributed by atoms with Crippen LogP contribution in [0, 0.1) is 56.3 Å². The van der Waals surface area contributed by atoms with Crippen LogP contribution in [0.2, 0.25) is 0 Å². The largest absolute Gasteiger partial charge is 0.497 e.